The van der Waals surface area contributed by atoms with Crippen molar-refractivity contribution < 1.29 is 0 Å². The minimum absolute atomic E-state index is 0.499. The molecule has 2 N–H and O–H groups in total. The minimum atomic E-state index is 0.499. The summed E-state index contributed by atoms with van der Waals surface area (Å²) in [7, 11) is 0. The Morgan fingerprint density at radius 3 is 2.38 bits per heavy atom. The smallest absolute Gasteiger partial charge is 0.0109 e. The Bertz CT molecular complexity index is 122. The molecule has 0 aliphatic heterocycles. The lowest BCUT2D eigenvalue weighted by molar-refractivity contribution is 0.685. The highest BCUT2D eigenvalue weighted by Crippen LogP contribution is 2.50. The van der Waals surface area contributed by atoms with Crippen molar-refractivity contribution in [2.45, 2.75) is 20.3 Å². The van der Waals surface area contributed by atoms with E-state index in [0.29, 0.717) is 12.0 Å². The van der Waals surface area contributed by atoms with Gasteiger partial charge in [0, 0.05) is 6.54 Å². The van der Waals surface area contributed by atoms with E-state index in [2.05, 4.69) is 19.9 Å². The van der Waals surface area contributed by atoms with Crippen molar-refractivity contribution in [3.8, 4) is 0 Å². The average Bonchev–Trinajstić information content (AvgIpc) is 2.15. The maximum Gasteiger partial charge on any atom is 0.0109 e. The van der Waals surface area contributed by atoms with E-state index in [1.807, 2.05) is 0 Å². The highest BCUT2D eigenvalue weighted by molar-refractivity contribution is 5.29. The lowest BCUT2D eigenvalue weighted by atomic mass is 10.2. The van der Waals surface area contributed by atoms with Gasteiger partial charge in [0.25, 0.3) is 0 Å². The van der Waals surface area contributed by atoms with Crippen LogP contribution in [0.1, 0.15) is 20.3 Å². The van der Waals surface area contributed by atoms with Crippen LogP contribution in [0.3, 0.4) is 0 Å². The van der Waals surface area contributed by atoms with Crippen LogP contribution in [0.15, 0.2) is 11.6 Å². The van der Waals surface area contributed by atoms with E-state index in [9.17, 15) is 0 Å². The SMILES string of the molecule is CC1(C)C/C1=C/CN. The van der Waals surface area contributed by atoms with Crippen molar-refractivity contribution in [1.29, 1.82) is 0 Å². The lowest BCUT2D eigenvalue weighted by Gasteiger charge is -1.90. The summed E-state index contributed by atoms with van der Waals surface area (Å²) in [4.78, 5) is 0. The van der Waals surface area contributed by atoms with Gasteiger partial charge in [-0.25, -0.2) is 0 Å². The summed E-state index contributed by atoms with van der Waals surface area (Å²) in [5.41, 5.74) is 7.34. The fourth-order valence-electron chi connectivity index (χ4n) is 0.923. The molecule has 8 heavy (non-hydrogen) atoms. The predicted octanol–water partition coefficient (Wildman–Crippen LogP) is 1.30. The van der Waals surface area contributed by atoms with Crippen LogP contribution in [0, 0.1) is 5.41 Å². The average molecular weight is 111 g/mol. The van der Waals surface area contributed by atoms with Gasteiger partial charge >= 0.3 is 0 Å². The van der Waals surface area contributed by atoms with Gasteiger partial charge < -0.3 is 5.73 Å². The highest BCUT2D eigenvalue weighted by atomic mass is 14.5. The van der Waals surface area contributed by atoms with E-state index in [1.165, 1.54) is 12.0 Å². The Hall–Kier alpha value is -0.300. The van der Waals surface area contributed by atoms with Crippen LogP contribution >= 0.6 is 0 Å². The normalized spacial score (nSPS) is 28.6. The van der Waals surface area contributed by atoms with Gasteiger partial charge in [0.15, 0.2) is 0 Å². The zero-order valence-corrected chi connectivity index (χ0v) is 5.57. The van der Waals surface area contributed by atoms with E-state index < -0.39 is 0 Å². The van der Waals surface area contributed by atoms with Gasteiger partial charge in [-0.1, -0.05) is 25.5 Å². The zero-order valence-electron chi connectivity index (χ0n) is 5.57. The molecule has 46 valence electrons. The van der Waals surface area contributed by atoms with Gasteiger partial charge in [0.2, 0.25) is 0 Å². The molecule has 1 rings (SSSR count). The number of hydrogen-bond donors (Lipinski definition) is 1. The highest BCUT2D eigenvalue weighted by Gasteiger charge is 2.37. The molecule has 0 aromatic rings. The lowest BCUT2D eigenvalue weighted by Crippen LogP contribution is -1.93. The van der Waals surface area contributed by atoms with Crippen LogP contribution in [0.4, 0.5) is 0 Å². The van der Waals surface area contributed by atoms with Crippen LogP contribution in [-0.2, 0) is 0 Å². The second-order valence-corrected chi connectivity index (χ2v) is 3.03. The molecular formula is C7H13N. The van der Waals surface area contributed by atoms with Crippen molar-refractivity contribution in [1.82, 2.24) is 0 Å². The first-order valence-electron chi connectivity index (χ1n) is 3.06. The van der Waals surface area contributed by atoms with Crippen LogP contribution in [0.5, 0.6) is 0 Å². The molecule has 0 unspecified atom stereocenters. The van der Waals surface area contributed by atoms with E-state index in [0.717, 1.165) is 0 Å². The molecule has 1 saturated carbocycles. The topological polar surface area (TPSA) is 26.0 Å². The molecule has 1 heteroatoms. The molecule has 0 spiro atoms. The molecule has 1 fully saturated rings. The fraction of sp³-hybridized carbons (Fsp3) is 0.714. The molecule has 1 aliphatic carbocycles. The summed E-state index contributed by atoms with van der Waals surface area (Å²) in [5.74, 6) is 0. The fourth-order valence-corrected chi connectivity index (χ4v) is 0.923. The third-order valence-electron chi connectivity index (χ3n) is 1.74. The van der Waals surface area contributed by atoms with E-state index >= 15 is 0 Å². The first kappa shape index (κ1) is 5.83. The third kappa shape index (κ3) is 0.920. The third-order valence-corrected chi connectivity index (χ3v) is 1.74. The summed E-state index contributed by atoms with van der Waals surface area (Å²) >= 11 is 0. The van der Waals surface area contributed by atoms with Gasteiger partial charge in [-0.15, -0.1) is 0 Å². The Balaban J connectivity index is 2.47. The standard InChI is InChI=1S/C7H13N/c1-7(2)5-6(7)3-4-8/h3H,4-5,8H2,1-2H3/b6-3-. The second kappa shape index (κ2) is 1.59. The Kier molecular flexibility index (Phi) is 1.16. The Morgan fingerprint density at radius 2 is 2.25 bits per heavy atom. The first-order chi connectivity index (χ1) is 3.67. The first-order valence-corrected chi connectivity index (χ1v) is 3.06. The summed E-state index contributed by atoms with van der Waals surface area (Å²) in [6.07, 6.45) is 3.38. The maximum atomic E-state index is 5.31. The summed E-state index contributed by atoms with van der Waals surface area (Å²) in [6, 6.07) is 0. The van der Waals surface area contributed by atoms with Crippen molar-refractivity contribution in [3.63, 3.8) is 0 Å². The maximum absolute atomic E-state index is 5.31. The Labute approximate surface area is 50.6 Å². The van der Waals surface area contributed by atoms with Gasteiger partial charge in [0.1, 0.15) is 0 Å². The molecule has 1 nitrogen and oxygen atoms in total. The molecule has 0 heterocycles. The van der Waals surface area contributed by atoms with Crippen molar-refractivity contribution >= 4 is 0 Å². The molecule has 1 aliphatic rings. The van der Waals surface area contributed by atoms with Crippen LogP contribution in [0.2, 0.25) is 0 Å². The number of hydrogen-bond acceptors (Lipinski definition) is 1. The van der Waals surface area contributed by atoms with Crippen molar-refractivity contribution in [2.24, 2.45) is 11.1 Å². The second-order valence-electron chi connectivity index (χ2n) is 3.03. The molecule has 0 bridgehead atoms. The van der Waals surface area contributed by atoms with Crippen molar-refractivity contribution in [3.05, 3.63) is 11.6 Å². The number of allylic oxidation sites excluding steroid dienone is 1. The van der Waals surface area contributed by atoms with Gasteiger partial charge in [-0.05, 0) is 11.8 Å². The van der Waals surface area contributed by atoms with Gasteiger partial charge in [-0.3, -0.25) is 0 Å². The molecular weight excluding hydrogens is 98.1 g/mol. The number of nitrogens with two attached hydrogens (primary N) is 1. The van der Waals surface area contributed by atoms with Gasteiger partial charge in [0.05, 0.1) is 0 Å². The van der Waals surface area contributed by atoms with E-state index in [4.69, 9.17) is 5.73 Å². The van der Waals surface area contributed by atoms with Crippen LogP contribution in [-0.4, -0.2) is 6.54 Å². The molecule has 0 atom stereocenters. The molecule has 0 radical (unpaired) electrons. The molecule has 0 aromatic heterocycles. The van der Waals surface area contributed by atoms with Gasteiger partial charge in [-0.2, -0.15) is 0 Å². The summed E-state index contributed by atoms with van der Waals surface area (Å²) in [6.45, 7) is 5.20. The zero-order chi connectivity index (χ0) is 6.20. The van der Waals surface area contributed by atoms with Crippen LogP contribution < -0.4 is 5.73 Å². The minimum Gasteiger partial charge on any atom is -0.327 e. The van der Waals surface area contributed by atoms with E-state index in [1.54, 1.807) is 0 Å². The summed E-state index contributed by atoms with van der Waals surface area (Å²) < 4.78 is 0. The van der Waals surface area contributed by atoms with E-state index in [-0.39, 0.29) is 0 Å². The molecule has 0 saturated heterocycles. The largest absolute Gasteiger partial charge is 0.327 e. The quantitative estimate of drug-likeness (QED) is 0.507. The van der Waals surface area contributed by atoms with Crippen LogP contribution in [0.25, 0.3) is 0 Å². The Morgan fingerprint density at radius 1 is 1.75 bits per heavy atom. The monoisotopic (exact) mass is 111 g/mol. The van der Waals surface area contributed by atoms with Crippen molar-refractivity contribution in [2.75, 3.05) is 6.54 Å². The molecule has 0 amide bonds. The predicted molar refractivity (Wildman–Crippen MR) is 35.5 cm³/mol. The number of rotatable bonds is 1. The summed E-state index contributed by atoms with van der Waals surface area (Å²) in [5, 5.41) is 0. The molecule has 0 aromatic carbocycles.